The first kappa shape index (κ1) is 18.4. The fourth-order valence-electron chi connectivity index (χ4n) is 2.33. The van der Waals surface area contributed by atoms with Crippen LogP contribution in [0.2, 0.25) is 0 Å². The van der Waals surface area contributed by atoms with Gasteiger partial charge in [0.2, 0.25) is 0 Å². The van der Waals surface area contributed by atoms with Crippen LogP contribution in [0.25, 0.3) is 0 Å². The zero-order valence-electron chi connectivity index (χ0n) is 14.2. The first-order valence-corrected chi connectivity index (χ1v) is 8.17. The third kappa shape index (κ3) is 7.99. The summed E-state index contributed by atoms with van der Waals surface area (Å²) < 4.78 is 5.74. The number of hydrogen-bond donors (Lipinski definition) is 0. The molecule has 0 aliphatic heterocycles. The van der Waals surface area contributed by atoms with Crippen molar-refractivity contribution in [1.29, 1.82) is 0 Å². The van der Waals surface area contributed by atoms with Crippen LogP contribution >= 0.6 is 0 Å². The molecule has 0 aromatic heterocycles. The van der Waals surface area contributed by atoms with Gasteiger partial charge in [0.05, 0.1) is 13.2 Å². The lowest BCUT2D eigenvalue weighted by Crippen LogP contribution is -2.01. The van der Waals surface area contributed by atoms with Gasteiger partial charge in [-0.25, -0.2) is 0 Å². The molecule has 1 heteroatoms. The van der Waals surface area contributed by atoms with E-state index in [1.807, 2.05) is 24.3 Å². The van der Waals surface area contributed by atoms with Gasteiger partial charge in [-0.1, -0.05) is 60.2 Å². The Balaban J connectivity index is 2.26. The van der Waals surface area contributed by atoms with E-state index in [2.05, 4.69) is 45.2 Å². The lowest BCUT2D eigenvalue weighted by molar-refractivity contribution is 0.123. The minimum atomic E-state index is 0.568. The zero-order chi connectivity index (χ0) is 16.2. The van der Waals surface area contributed by atoms with E-state index in [9.17, 15) is 0 Å². The highest BCUT2D eigenvalue weighted by Gasteiger charge is 2.06. The molecule has 0 aliphatic rings. The molecule has 0 aliphatic carbocycles. The molecule has 1 nitrogen and oxygen atoms in total. The van der Waals surface area contributed by atoms with Gasteiger partial charge < -0.3 is 4.74 Å². The Morgan fingerprint density at radius 3 is 2.59 bits per heavy atom. The number of rotatable bonds is 11. The first-order chi connectivity index (χ1) is 10.6. The normalized spacial score (nSPS) is 12.9. The lowest BCUT2D eigenvalue weighted by Gasteiger charge is -2.14. The topological polar surface area (TPSA) is 9.23 Å². The van der Waals surface area contributed by atoms with Gasteiger partial charge in [0.1, 0.15) is 0 Å². The van der Waals surface area contributed by atoms with Crippen LogP contribution in [-0.2, 0) is 11.3 Å². The molecule has 0 N–H and O–H groups in total. The number of allylic oxidation sites excluding steroid dienone is 3. The summed E-state index contributed by atoms with van der Waals surface area (Å²) in [5.41, 5.74) is 3.90. The SMILES string of the molecule is C=CCCC(C/C=C(/C)CCOCc1ccccc1)C(=C)C. The van der Waals surface area contributed by atoms with E-state index in [1.54, 1.807) is 0 Å². The second-order valence-electron chi connectivity index (χ2n) is 5.98. The predicted octanol–water partition coefficient (Wildman–Crippen LogP) is 6.09. The standard InChI is InChI=1S/C21H30O/c1-5-6-12-21(18(2)3)14-13-19(4)15-16-22-17-20-10-8-7-9-11-20/h5,7-11,13,21H,1-2,6,12,14-17H2,3-4H3/b19-13-. The zero-order valence-corrected chi connectivity index (χ0v) is 14.2. The second kappa shape index (κ2) is 11.0. The van der Waals surface area contributed by atoms with Gasteiger partial charge in [-0.2, -0.15) is 0 Å². The molecule has 0 spiro atoms. The maximum atomic E-state index is 5.74. The fourth-order valence-corrected chi connectivity index (χ4v) is 2.33. The van der Waals surface area contributed by atoms with Gasteiger partial charge in [-0.05, 0) is 51.0 Å². The second-order valence-corrected chi connectivity index (χ2v) is 5.98. The minimum absolute atomic E-state index is 0.568. The maximum absolute atomic E-state index is 5.74. The Bertz CT molecular complexity index is 470. The number of ether oxygens (including phenoxy) is 1. The Hall–Kier alpha value is -1.60. The minimum Gasteiger partial charge on any atom is -0.376 e. The summed E-state index contributed by atoms with van der Waals surface area (Å²) in [4.78, 5) is 0. The highest BCUT2D eigenvalue weighted by atomic mass is 16.5. The van der Waals surface area contributed by atoms with Crippen LogP contribution in [0.15, 0.2) is 66.8 Å². The molecule has 0 saturated carbocycles. The molecular weight excluding hydrogens is 268 g/mol. The van der Waals surface area contributed by atoms with Crippen molar-refractivity contribution in [3.8, 4) is 0 Å². The van der Waals surface area contributed by atoms with Gasteiger partial charge in [-0.15, -0.1) is 6.58 Å². The summed E-state index contributed by atoms with van der Waals surface area (Å²) in [6.45, 7) is 13.7. The summed E-state index contributed by atoms with van der Waals surface area (Å²) in [6, 6.07) is 10.3. The molecule has 0 bridgehead atoms. The molecule has 1 unspecified atom stereocenters. The van der Waals surface area contributed by atoms with Crippen LogP contribution in [-0.4, -0.2) is 6.61 Å². The molecular formula is C21H30O. The lowest BCUT2D eigenvalue weighted by atomic mass is 9.92. The summed E-state index contributed by atoms with van der Waals surface area (Å²) >= 11 is 0. The first-order valence-electron chi connectivity index (χ1n) is 8.17. The number of benzene rings is 1. The van der Waals surface area contributed by atoms with Gasteiger partial charge in [0.15, 0.2) is 0 Å². The van der Waals surface area contributed by atoms with Crippen LogP contribution < -0.4 is 0 Å². The maximum Gasteiger partial charge on any atom is 0.0717 e. The average molecular weight is 298 g/mol. The number of hydrogen-bond acceptors (Lipinski definition) is 1. The van der Waals surface area contributed by atoms with Crippen molar-refractivity contribution in [1.82, 2.24) is 0 Å². The third-order valence-electron chi connectivity index (χ3n) is 3.92. The van der Waals surface area contributed by atoms with Crippen molar-refractivity contribution < 1.29 is 4.74 Å². The van der Waals surface area contributed by atoms with Crippen LogP contribution in [0, 0.1) is 5.92 Å². The predicted molar refractivity (Wildman–Crippen MR) is 96.8 cm³/mol. The molecule has 1 atom stereocenters. The van der Waals surface area contributed by atoms with Crippen LogP contribution in [0.1, 0.15) is 45.1 Å². The van der Waals surface area contributed by atoms with E-state index >= 15 is 0 Å². The average Bonchev–Trinajstić information content (AvgIpc) is 2.52. The van der Waals surface area contributed by atoms with Crippen molar-refractivity contribution in [3.63, 3.8) is 0 Å². The van der Waals surface area contributed by atoms with E-state index in [4.69, 9.17) is 4.74 Å². The molecule has 1 aromatic carbocycles. The van der Waals surface area contributed by atoms with E-state index in [0.717, 1.165) is 32.3 Å². The van der Waals surface area contributed by atoms with E-state index < -0.39 is 0 Å². The fraction of sp³-hybridized carbons (Fsp3) is 0.429. The summed E-state index contributed by atoms with van der Waals surface area (Å²) in [7, 11) is 0. The largest absolute Gasteiger partial charge is 0.376 e. The third-order valence-corrected chi connectivity index (χ3v) is 3.92. The smallest absolute Gasteiger partial charge is 0.0717 e. The highest BCUT2D eigenvalue weighted by Crippen LogP contribution is 2.21. The van der Waals surface area contributed by atoms with Crippen molar-refractivity contribution in [2.75, 3.05) is 6.61 Å². The van der Waals surface area contributed by atoms with Crippen LogP contribution in [0.3, 0.4) is 0 Å². The molecule has 1 aromatic rings. The van der Waals surface area contributed by atoms with Crippen molar-refractivity contribution in [2.45, 2.75) is 46.1 Å². The van der Waals surface area contributed by atoms with Gasteiger partial charge >= 0.3 is 0 Å². The summed E-state index contributed by atoms with van der Waals surface area (Å²) in [5.74, 6) is 0.568. The molecule has 0 heterocycles. The van der Waals surface area contributed by atoms with Crippen molar-refractivity contribution >= 4 is 0 Å². The van der Waals surface area contributed by atoms with Crippen molar-refractivity contribution in [2.24, 2.45) is 5.92 Å². The van der Waals surface area contributed by atoms with E-state index in [1.165, 1.54) is 16.7 Å². The quantitative estimate of drug-likeness (QED) is 0.355. The molecule has 0 saturated heterocycles. The Morgan fingerprint density at radius 2 is 1.95 bits per heavy atom. The summed E-state index contributed by atoms with van der Waals surface area (Å²) in [5, 5.41) is 0. The summed E-state index contributed by atoms with van der Waals surface area (Å²) in [6.07, 6.45) is 8.61. The van der Waals surface area contributed by atoms with Crippen LogP contribution in [0.4, 0.5) is 0 Å². The van der Waals surface area contributed by atoms with Gasteiger partial charge in [0.25, 0.3) is 0 Å². The van der Waals surface area contributed by atoms with E-state index in [-0.39, 0.29) is 0 Å². The Labute approximate surface area is 136 Å². The molecule has 1 rings (SSSR count). The highest BCUT2D eigenvalue weighted by molar-refractivity contribution is 5.13. The monoisotopic (exact) mass is 298 g/mol. The Morgan fingerprint density at radius 1 is 1.23 bits per heavy atom. The molecule has 0 fully saturated rings. The Kier molecular flexibility index (Phi) is 9.25. The van der Waals surface area contributed by atoms with Crippen molar-refractivity contribution in [3.05, 3.63) is 72.4 Å². The van der Waals surface area contributed by atoms with Gasteiger partial charge in [-0.3, -0.25) is 0 Å². The molecule has 120 valence electrons. The van der Waals surface area contributed by atoms with E-state index in [0.29, 0.717) is 12.5 Å². The van der Waals surface area contributed by atoms with Gasteiger partial charge in [0, 0.05) is 0 Å². The molecule has 0 amide bonds. The molecule has 0 radical (unpaired) electrons. The van der Waals surface area contributed by atoms with Crippen LogP contribution in [0.5, 0.6) is 0 Å². The molecule has 22 heavy (non-hydrogen) atoms.